The Bertz CT molecular complexity index is 173. The zero-order valence-corrected chi connectivity index (χ0v) is 8.47. The second-order valence-corrected chi connectivity index (χ2v) is 3.82. The third-order valence-electron chi connectivity index (χ3n) is 2.68. The van der Waals surface area contributed by atoms with Crippen LogP contribution in [0.2, 0.25) is 0 Å². The number of hydrogen-bond donors (Lipinski definition) is 0. The summed E-state index contributed by atoms with van der Waals surface area (Å²) in [6.07, 6.45) is 3.75. The van der Waals surface area contributed by atoms with Gasteiger partial charge in [0.1, 0.15) is 0 Å². The second-order valence-electron chi connectivity index (χ2n) is 3.82. The fourth-order valence-corrected chi connectivity index (χ4v) is 1.80. The SMILES string of the molecule is CCCC1(CCC(=O)OC)COC1. The number of carbonyl (C=O) groups is 1. The lowest BCUT2D eigenvalue weighted by molar-refractivity contribution is -0.148. The van der Waals surface area contributed by atoms with Crippen LogP contribution in [0.25, 0.3) is 0 Å². The van der Waals surface area contributed by atoms with E-state index in [0.717, 1.165) is 32.5 Å². The monoisotopic (exact) mass is 186 g/mol. The Kier molecular flexibility index (Phi) is 3.72. The van der Waals surface area contributed by atoms with Crippen LogP contribution in [-0.4, -0.2) is 26.3 Å². The molecule has 1 heterocycles. The third-order valence-corrected chi connectivity index (χ3v) is 2.68. The summed E-state index contributed by atoms with van der Waals surface area (Å²) >= 11 is 0. The molecule has 76 valence electrons. The molecule has 1 fully saturated rings. The van der Waals surface area contributed by atoms with E-state index in [1.54, 1.807) is 0 Å². The number of methoxy groups -OCH3 is 1. The molecule has 1 aliphatic heterocycles. The number of rotatable bonds is 5. The molecule has 0 aromatic rings. The molecule has 0 bridgehead atoms. The summed E-state index contributed by atoms with van der Waals surface area (Å²) in [6, 6.07) is 0. The van der Waals surface area contributed by atoms with Crippen LogP contribution in [0.5, 0.6) is 0 Å². The van der Waals surface area contributed by atoms with Gasteiger partial charge in [0.05, 0.1) is 20.3 Å². The minimum Gasteiger partial charge on any atom is -0.469 e. The molecule has 1 rings (SSSR count). The first-order chi connectivity index (χ1) is 6.22. The van der Waals surface area contributed by atoms with Crippen molar-refractivity contribution in [3.63, 3.8) is 0 Å². The molecule has 13 heavy (non-hydrogen) atoms. The standard InChI is InChI=1S/C10H18O3/c1-3-5-10(7-13-8-10)6-4-9(11)12-2/h3-8H2,1-2H3. The predicted molar refractivity (Wildman–Crippen MR) is 49.4 cm³/mol. The smallest absolute Gasteiger partial charge is 0.305 e. The lowest BCUT2D eigenvalue weighted by Gasteiger charge is -2.41. The molecule has 1 saturated heterocycles. The van der Waals surface area contributed by atoms with E-state index in [9.17, 15) is 4.79 Å². The van der Waals surface area contributed by atoms with Crippen molar-refractivity contribution >= 4 is 5.97 Å². The molecule has 0 aliphatic carbocycles. The van der Waals surface area contributed by atoms with Gasteiger partial charge in [-0.1, -0.05) is 13.3 Å². The van der Waals surface area contributed by atoms with Crippen molar-refractivity contribution in [3.05, 3.63) is 0 Å². The van der Waals surface area contributed by atoms with Crippen molar-refractivity contribution in [1.82, 2.24) is 0 Å². The Labute approximate surface area is 79.4 Å². The van der Waals surface area contributed by atoms with Crippen LogP contribution in [0.15, 0.2) is 0 Å². The van der Waals surface area contributed by atoms with Gasteiger partial charge in [-0.25, -0.2) is 0 Å². The van der Waals surface area contributed by atoms with Gasteiger partial charge in [0.25, 0.3) is 0 Å². The molecular weight excluding hydrogens is 168 g/mol. The Balaban J connectivity index is 2.27. The maximum atomic E-state index is 10.9. The van der Waals surface area contributed by atoms with Gasteiger partial charge in [-0.15, -0.1) is 0 Å². The Morgan fingerprint density at radius 1 is 1.46 bits per heavy atom. The molecule has 0 unspecified atom stereocenters. The second kappa shape index (κ2) is 4.61. The van der Waals surface area contributed by atoms with Crippen LogP contribution in [0, 0.1) is 5.41 Å². The molecule has 0 saturated carbocycles. The van der Waals surface area contributed by atoms with Crippen molar-refractivity contribution in [1.29, 1.82) is 0 Å². The zero-order chi connectivity index (χ0) is 9.73. The fraction of sp³-hybridized carbons (Fsp3) is 0.900. The zero-order valence-electron chi connectivity index (χ0n) is 8.47. The van der Waals surface area contributed by atoms with E-state index in [2.05, 4.69) is 11.7 Å². The molecule has 0 atom stereocenters. The van der Waals surface area contributed by atoms with Crippen LogP contribution in [0.4, 0.5) is 0 Å². The highest BCUT2D eigenvalue weighted by atomic mass is 16.5. The highest BCUT2D eigenvalue weighted by Crippen LogP contribution is 2.37. The molecule has 0 amide bonds. The third kappa shape index (κ3) is 2.69. The van der Waals surface area contributed by atoms with Gasteiger partial charge in [-0.3, -0.25) is 4.79 Å². The van der Waals surface area contributed by atoms with Gasteiger partial charge in [0, 0.05) is 11.8 Å². The minimum absolute atomic E-state index is 0.109. The van der Waals surface area contributed by atoms with Gasteiger partial charge >= 0.3 is 5.97 Å². The van der Waals surface area contributed by atoms with Gasteiger partial charge < -0.3 is 9.47 Å². The average molecular weight is 186 g/mol. The largest absolute Gasteiger partial charge is 0.469 e. The van der Waals surface area contributed by atoms with Crippen LogP contribution < -0.4 is 0 Å². The van der Waals surface area contributed by atoms with E-state index in [1.165, 1.54) is 7.11 Å². The molecule has 0 radical (unpaired) electrons. The molecule has 3 heteroatoms. The van der Waals surface area contributed by atoms with E-state index >= 15 is 0 Å². The normalized spacial score (nSPS) is 19.2. The first-order valence-corrected chi connectivity index (χ1v) is 4.87. The first-order valence-electron chi connectivity index (χ1n) is 4.87. The Hall–Kier alpha value is -0.570. The van der Waals surface area contributed by atoms with E-state index in [4.69, 9.17) is 4.74 Å². The number of carbonyl (C=O) groups excluding carboxylic acids is 1. The predicted octanol–water partition coefficient (Wildman–Crippen LogP) is 1.76. The highest BCUT2D eigenvalue weighted by Gasteiger charge is 2.37. The van der Waals surface area contributed by atoms with Crippen molar-refractivity contribution in [3.8, 4) is 0 Å². The number of hydrogen-bond acceptors (Lipinski definition) is 3. The van der Waals surface area contributed by atoms with Crippen LogP contribution in [-0.2, 0) is 14.3 Å². The van der Waals surface area contributed by atoms with Gasteiger partial charge in [0.15, 0.2) is 0 Å². The molecular formula is C10H18O3. The van der Waals surface area contributed by atoms with Crippen LogP contribution >= 0.6 is 0 Å². The highest BCUT2D eigenvalue weighted by molar-refractivity contribution is 5.69. The summed E-state index contributed by atoms with van der Waals surface area (Å²) in [6.45, 7) is 3.80. The lowest BCUT2D eigenvalue weighted by atomic mass is 9.77. The van der Waals surface area contributed by atoms with Crippen LogP contribution in [0.1, 0.15) is 32.6 Å². The summed E-state index contributed by atoms with van der Waals surface area (Å²) in [5.74, 6) is -0.109. The van der Waals surface area contributed by atoms with Crippen molar-refractivity contribution in [2.45, 2.75) is 32.6 Å². The van der Waals surface area contributed by atoms with Crippen LogP contribution in [0.3, 0.4) is 0 Å². The molecule has 3 nitrogen and oxygen atoms in total. The van der Waals surface area contributed by atoms with E-state index in [-0.39, 0.29) is 11.4 Å². The summed E-state index contributed by atoms with van der Waals surface area (Å²) in [5.41, 5.74) is 0.281. The Morgan fingerprint density at radius 2 is 2.15 bits per heavy atom. The van der Waals surface area contributed by atoms with E-state index in [1.807, 2.05) is 0 Å². The van der Waals surface area contributed by atoms with Crippen molar-refractivity contribution in [2.24, 2.45) is 5.41 Å². The molecule has 1 aliphatic rings. The van der Waals surface area contributed by atoms with Gasteiger partial charge in [-0.2, -0.15) is 0 Å². The van der Waals surface area contributed by atoms with E-state index in [0.29, 0.717) is 6.42 Å². The summed E-state index contributed by atoms with van der Waals surface area (Å²) in [4.78, 5) is 10.9. The van der Waals surface area contributed by atoms with Gasteiger partial charge in [0.2, 0.25) is 0 Å². The van der Waals surface area contributed by atoms with Crippen molar-refractivity contribution < 1.29 is 14.3 Å². The van der Waals surface area contributed by atoms with Gasteiger partial charge in [-0.05, 0) is 12.8 Å². The molecule has 0 aromatic carbocycles. The topological polar surface area (TPSA) is 35.5 Å². The fourth-order valence-electron chi connectivity index (χ4n) is 1.80. The first kappa shape index (κ1) is 10.5. The lowest BCUT2D eigenvalue weighted by Crippen LogP contribution is -2.42. The minimum atomic E-state index is -0.109. The van der Waals surface area contributed by atoms with E-state index < -0.39 is 0 Å². The van der Waals surface area contributed by atoms with Crippen molar-refractivity contribution in [2.75, 3.05) is 20.3 Å². The number of esters is 1. The summed E-state index contributed by atoms with van der Waals surface area (Å²) in [5, 5.41) is 0. The number of ether oxygens (including phenoxy) is 2. The molecule has 0 spiro atoms. The Morgan fingerprint density at radius 3 is 2.54 bits per heavy atom. The maximum absolute atomic E-state index is 10.9. The average Bonchev–Trinajstić information content (AvgIpc) is 2.09. The molecule has 0 aromatic heterocycles. The summed E-state index contributed by atoms with van der Waals surface area (Å²) in [7, 11) is 1.44. The molecule has 0 N–H and O–H groups in total. The summed E-state index contributed by atoms with van der Waals surface area (Å²) < 4.78 is 9.82. The quantitative estimate of drug-likeness (QED) is 0.614. The maximum Gasteiger partial charge on any atom is 0.305 e.